The van der Waals surface area contributed by atoms with Gasteiger partial charge in [0.05, 0.1) is 6.61 Å². The molecule has 0 bridgehead atoms. The summed E-state index contributed by atoms with van der Waals surface area (Å²) in [4.78, 5) is 41.1. The average molecular weight is 496 g/mol. The molecule has 0 saturated heterocycles. The summed E-state index contributed by atoms with van der Waals surface area (Å²) in [7, 11) is 0. The molecule has 0 spiro atoms. The van der Waals surface area contributed by atoms with E-state index in [1.54, 1.807) is 38.6 Å². The molecule has 1 aromatic rings. The van der Waals surface area contributed by atoms with E-state index in [0.29, 0.717) is 17.7 Å². The fraction of sp³-hybridized carbons (Fsp3) is 0.640. The molecular formula is C25H41N3O5S. The number of nitrogens with zero attached hydrogens (tertiary/aromatic N) is 1. The summed E-state index contributed by atoms with van der Waals surface area (Å²) < 4.78 is 5.36. The van der Waals surface area contributed by atoms with Crippen LogP contribution in [-0.4, -0.2) is 70.3 Å². The van der Waals surface area contributed by atoms with E-state index >= 15 is 0 Å². The second-order valence-electron chi connectivity index (χ2n) is 10.2. The number of rotatable bonds is 10. The SMILES string of the molecule is CSCCC(NC(=O)OC(C)(C)C)C(=O)N(CCO)C(C(=O)NC(C)(C)C)c1ccccc1C. The Morgan fingerprint density at radius 2 is 1.74 bits per heavy atom. The molecule has 8 nitrogen and oxygen atoms in total. The zero-order valence-corrected chi connectivity index (χ0v) is 22.5. The molecule has 3 amide bonds. The van der Waals surface area contributed by atoms with Crippen LogP contribution in [-0.2, 0) is 14.3 Å². The number of aliphatic hydroxyl groups is 1. The van der Waals surface area contributed by atoms with Gasteiger partial charge in [-0.25, -0.2) is 4.79 Å². The van der Waals surface area contributed by atoms with Crippen LogP contribution in [0.15, 0.2) is 24.3 Å². The van der Waals surface area contributed by atoms with Crippen molar-refractivity contribution in [2.45, 2.75) is 78.1 Å². The molecule has 0 aliphatic rings. The Morgan fingerprint density at radius 1 is 1.12 bits per heavy atom. The van der Waals surface area contributed by atoms with Gasteiger partial charge < -0.3 is 25.4 Å². The minimum atomic E-state index is -0.975. The van der Waals surface area contributed by atoms with Crippen molar-refractivity contribution < 1.29 is 24.2 Å². The first-order valence-electron chi connectivity index (χ1n) is 11.5. The number of carbonyl (C=O) groups excluding carboxylic acids is 3. The summed E-state index contributed by atoms with van der Waals surface area (Å²) in [6, 6.07) is 5.46. The van der Waals surface area contributed by atoms with Crippen molar-refractivity contribution in [3.63, 3.8) is 0 Å². The number of hydrogen-bond donors (Lipinski definition) is 3. The van der Waals surface area contributed by atoms with Gasteiger partial charge >= 0.3 is 6.09 Å². The standard InChI is InChI=1S/C25H41N3O5S/c1-17-11-9-10-12-18(17)20(21(30)27-24(2,3)4)28(14-15-29)22(31)19(13-16-34-8)26-23(32)33-25(5,6)7/h9-12,19-20,29H,13-16H2,1-8H3,(H,26,32)(H,27,30). The molecule has 3 N–H and O–H groups in total. The molecule has 0 radical (unpaired) electrons. The molecule has 0 aromatic heterocycles. The number of alkyl carbamates (subject to hydrolysis) is 1. The zero-order chi connectivity index (χ0) is 26.1. The lowest BCUT2D eigenvalue weighted by Gasteiger charge is -2.36. The van der Waals surface area contributed by atoms with E-state index < -0.39 is 35.2 Å². The number of thioether (sulfide) groups is 1. The highest BCUT2D eigenvalue weighted by molar-refractivity contribution is 7.98. The van der Waals surface area contributed by atoms with Crippen molar-refractivity contribution in [2.24, 2.45) is 0 Å². The van der Waals surface area contributed by atoms with Crippen LogP contribution in [0.4, 0.5) is 4.79 Å². The predicted molar refractivity (Wildman–Crippen MR) is 137 cm³/mol. The molecular weight excluding hydrogens is 454 g/mol. The van der Waals surface area contributed by atoms with E-state index in [2.05, 4.69) is 10.6 Å². The van der Waals surface area contributed by atoms with Gasteiger partial charge in [-0.1, -0.05) is 24.3 Å². The summed E-state index contributed by atoms with van der Waals surface area (Å²) in [5.41, 5.74) is 0.247. The first kappa shape index (κ1) is 29.8. The lowest BCUT2D eigenvalue weighted by Crippen LogP contribution is -2.55. The van der Waals surface area contributed by atoms with E-state index in [1.165, 1.54) is 4.90 Å². The molecule has 0 fully saturated rings. The van der Waals surface area contributed by atoms with Crippen LogP contribution in [0, 0.1) is 6.92 Å². The smallest absolute Gasteiger partial charge is 0.408 e. The van der Waals surface area contributed by atoms with Crippen molar-refractivity contribution in [2.75, 3.05) is 25.2 Å². The van der Waals surface area contributed by atoms with E-state index in [0.717, 1.165) is 5.56 Å². The lowest BCUT2D eigenvalue weighted by molar-refractivity contribution is -0.143. The normalized spacial score (nSPS) is 13.6. The topological polar surface area (TPSA) is 108 Å². The van der Waals surface area contributed by atoms with Gasteiger partial charge in [-0.05, 0) is 78.0 Å². The van der Waals surface area contributed by atoms with Gasteiger partial charge in [-0.15, -0.1) is 0 Å². The van der Waals surface area contributed by atoms with Crippen LogP contribution in [0.1, 0.15) is 65.1 Å². The Morgan fingerprint density at radius 3 is 2.24 bits per heavy atom. The van der Waals surface area contributed by atoms with Gasteiger partial charge in [0.15, 0.2) is 0 Å². The molecule has 1 rings (SSSR count). The van der Waals surface area contributed by atoms with Crippen molar-refractivity contribution in [3.05, 3.63) is 35.4 Å². The third-order valence-electron chi connectivity index (χ3n) is 4.76. The number of benzene rings is 1. The van der Waals surface area contributed by atoms with E-state index in [9.17, 15) is 19.5 Å². The van der Waals surface area contributed by atoms with Gasteiger partial charge in [0.1, 0.15) is 17.7 Å². The minimum Gasteiger partial charge on any atom is -0.444 e. The zero-order valence-electron chi connectivity index (χ0n) is 21.7. The van der Waals surface area contributed by atoms with Crippen LogP contribution >= 0.6 is 11.8 Å². The highest BCUT2D eigenvalue weighted by Crippen LogP contribution is 2.26. The third kappa shape index (κ3) is 9.93. The maximum absolute atomic E-state index is 13.8. The van der Waals surface area contributed by atoms with Gasteiger partial charge in [-0.3, -0.25) is 9.59 Å². The lowest BCUT2D eigenvalue weighted by atomic mass is 9.96. The second-order valence-corrected chi connectivity index (χ2v) is 11.2. The molecule has 34 heavy (non-hydrogen) atoms. The highest BCUT2D eigenvalue weighted by Gasteiger charge is 2.37. The van der Waals surface area contributed by atoms with Crippen LogP contribution in [0.3, 0.4) is 0 Å². The summed E-state index contributed by atoms with van der Waals surface area (Å²) in [5.74, 6) is -0.196. The summed E-state index contributed by atoms with van der Waals surface area (Å²) in [5, 5.41) is 15.5. The van der Waals surface area contributed by atoms with Crippen molar-refractivity contribution in [1.82, 2.24) is 15.5 Å². The summed E-state index contributed by atoms with van der Waals surface area (Å²) >= 11 is 1.54. The number of ether oxygens (including phenoxy) is 1. The summed E-state index contributed by atoms with van der Waals surface area (Å²) in [6.45, 7) is 12.3. The van der Waals surface area contributed by atoms with Crippen LogP contribution in [0.2, 0.25) is 0 Å². The number of amides is 3. The van der Waals surface area contributed by atoms with Crippen LogP contribution < -0.4 is 10.6 Å². The number of aryl methyl sites for hydroxylation is 1. The number of nitrogens with one attached hydrogen (secondary N) is 2. The fourth-order valence-electron chi connectivity index (χ4n) is 3.40. The van der Waals surface area contributed by atoms with Crippen molar-refractivity contribution >= 4 is 29.7 Å². The van der Waals surface area contributed by atoms with Gasteiger partial charge in [0.25, 0.3) is 0 Å². The first-order chi connectivity index (χ1) is 15.7. The van der Waals surface area contributed by atoms with Gasteiger partial charge in [-0.2, -0.15) is 11.8 Å². The number of hydrogen-bond acceptors (Lipinski definition) is 6. The Balaban J connectivity index is 3.44. The maximum Gasteiger partial charge on any atom is 0.408 e. The van der Waals surface area contributed by atoms with Gasteiger partial charge in [0, 0.05) is 12.1 Å². The predicted octanol–water partition coefficient (Wildman–Crippen LogP) is 3.42. The summed E-state index contributed by atoms with van der Waals surface area (Å²) in [6.07, 6.45) is 1.55. The van der Waals surface area contributed by atoms with Crippen molar-refractivity contribution in [1.29, 1.82) is 0 Å². The van der Waals surface area contributed by atoms with Gasteiger partial charge in [0.2, 0.25) is 11.8 Å². The third-order valence-corrected chi connectivity index (χ3v) is 5.41. The van der Waals surface area contributed by atoms with Crippen molar-refractivity contribution in [3.8, 4) is 0 Å². The molecule has 2 atom stereocenters. The molecule has 9 heteroatoms. The van der Waals surface area contributed by atoms with Crippen LogP contribution in [0.25, 0.3) is 0 Å². The Kier molecular flexibility index (Phi) is 11.4. The molecule has 2 unspecified atom stereocenters. The van der Waals surface area contributed by atoms with E-state index in [1.807, 2.05) is 52.1 Å². The maximum atomic E-state index is 13.8. The first-order valence-corrected chi connectivity index (χ1v) is 12.9. The molecule has 1 aromatic carbocycles. The largest absolute Gasteiger partial charge is 0.444 e. The quantitative estimate of drug-likeness (QED) is 0.459. The Bertz CT molecular complexity index is 833. The fourth-order valence-corrected chi connectivity index (χ4v) is 3.87. The average Bonchev–Trinajstić information content (AvgIpc) is 2.68. The van der Waals surface area contributed by atoms with E-state index in [4.69, 9.17) is 4.74 Å². The Hall–Kier alpha value is -2.26. The highest BCUT2D eigenvalue weighted by atomic mass is 32.2. The second kappa shape index (κ2) is 13.0. The Labute approximate surface area is 208 Å². The monoisotopic (exact) mass is 495 g/mol. The molecule has 0 saturated carbocycles. The minimum absolute atomic E-state index is 0.0683. The molecule has 0 aliphatic carbocycles. The van der Waals surface area contributed by atoms with Crippen LogP contribution in [0.5, 0.6) is 0 Å². The number of carbonyl (C=O) groups is 3. The molecule has 0 heterocycles. The van der Waals surface area contributed by atoms with E-state index in [-0.39, 0.29) is 19.1 Å². The molecule has 0 aliphatic heterocycles. The number of aliphatic hydroxyl groups excluding tert-OH is 1. The molecule has 192 valence electrons.